The van der Waals surface area contributed by atoms with Crippen LogP contribution >= 0.6 is 0 Å². The van der Waals surface area contributed by atoms with E-state index >= 15 is 0 Å². The number of aromatic nitrogens is 2. The monoisotopic (exact) mass is 369 g/mol. The number of anilines is 2. The van der Waals surface area contributed by atoms with E-state index in [0.717, 1.165) is 11.3 Å². The van der Waals surface area contributed by atoms with Gasteiger partial charge in [0.25, 0.3) is 5.56 Å². The first-order chi connectivity index (χ1) is 13.6. The first-order valence-corrected chi connectivity index (χ1v) is 8.87. The molecule has 3 N–H and O–H groups in total. The summed E-state index contributed by atoms with van der Waals surface area (Å²) in [5, 5.41) is 4.98. The second-order valence-corrected chi connectivity index (χ2v) is 6.36. The molecule has 0 amide bonds. The Balaban J connectivity index is 1.82. The third-order valence-electron chi connectivity index (χ3n) is 4.44. The van der Waals surface area contributed by atoms with E-state index in [1.54, 1.807) is 6.07 Å². The van der Waals surface area contributed by atoms with Gasteiger partial charge in [0.2, 0.25) is 5.95 Å². The Hall–Kier alpha value is -3.93. The van der Waals surface area contributed by atoms with E-state index in [-0.39, 0.29) is 5.56 Å². The summed E-state index contributed by atoms with van der Waals surface area (Å²) in [7, 11) is 0. The molecule has 0 aliphatic carbocycles. The fourth-order valence-corrected chi connectivity index (χ4v) is 2.95. The van der Waals surface area contributed by atoms with Gasteiger partial charge in [-0.25, -0.2) is 15.0 Å². The number of hydrogen-bond donors (Lipinski definition) is 2. The number of nitrogens with one attached hydrogen (secondary N) is 1. The molecule has 0 spiro atoms. The quantitative estimate of drug-likeness (QED) is 0.325. The molecule has 28 heavy (non-hydrogen) atoms. The van der Waals surface area contributed by atoms with Crippen molar-refractivity contribution in [1.29, 1.82) is 0 Å². The van der Waals surface area contributed by atoms with Gasteiger partial charge in [0.05, 0.1) is 22.3 Å². The topological polar surface area (TPSA) is 85.3 Å². The summed E-state index contributed by atoms with van der Waals surface area (Å²) in [6.45, 7) is 1.88. The smallest absolute Gasteiger partial charge is 0.267 e. The molecule has 0 saturated carbocycles. The van der Waals surface area contributed by atoms with Gasteiger partial charge < -0.3 is 5.73 Å². The van der Waals surface area contributed by atoms with Crippen LogP contribution in [0.3, 0.4) is 0 Å². The minimum atomic E-state index is -0.153. The normalized spacial score (nSPS) is 11.5. The maximum Gasteiger partial charge on any atom is 0.267 e. The maximum absolute atomic E-state index is 13.1. The highest BCUT2D eigenvalue weighted by molar-refractivity contribution is 5.99. The Kier molecular flexibility index (Phi) is 4.60. The summed E-state index contributed by atoms with van der Waals surface area (Å²) in [6, 6.07) is 24.1. The largest absolute Gasteiger partial charge is 0.399 e. The molecule has 3 aromatic carbocycles. The molecule has 0 fully saturated rings. The molecule has 1 aromatic heterocycles. The molecule has 4 aromatic rings. The van der Waals surface area contributed by atoms with Crippen LogP contribution in [0.1, 0.15) is 12.5 Å². The van der Waals surface area contributed by atoms with Gasteiger partial charge in [0.1, 0.15) is 0 Å². The lowest BCUT2D eigenvalue weighted by Crippen LogP contribution is -2.23. The van der Waals surface area contributed by atoms with Crippen molar-refractivity contribution < 1.29 is 0 Å². The van der Waals surface area contributed by atoms with Gasteiger partial charge >= 0.3 is 0 Å². The predicted molar refractivity (Wildman–Crippen MR) is 114 cm³/mol. The summed E-state index contributed by atoms with van der Waals surface area (Å²) in [6.07, 6.45) is 0. The molecule has 0 aliphatic heterocycles. The summed E-state index contributed by atoms with van der Waals surface area (Å²) >= 11 is 0. The van der Waals surface area contributed by atoms with Gasteiger partial charge in [0.15, 0.2) is 0 Å². The molecule has 6 nitrogen and oxygen atoms in total. The number of para-hydroxylation sites is 2. The van der Waals surface area contributed by atoms with Gasteiger partial charge in [-0.1, -0.05) is 42.5 Å². The fraction of sp³-hybridized carbons (Fsp3) is 0.0455. The van der Waals surface area contributed by atoms with E-state index in [1.165, 1.54) is 4.57 Å². The molecule has 1 heterocycles. The number of rotatable bonds is 4. The van der Waals surface area contributed by atoms with Gasteiger partial charge in [-0.2, -0.15) is 5.10 Å². The van der Waals surface area contributed by atoms with E-state index < -0.39 is 0 Å². The van der Waals surface area contributed by atoms with E-state index in [2.05, 4.69) is 15.5 Å². The molecule has 0 bridgehead atoms. The number of hydrogen-bond acceptors (Lipinski definition) is 5. The van der Waals surface area contributed by atoms with Crippen molar-refractivity contribution in [2.75, 3.05) is 11.2 Å². The lowest BCUT2D eigenvalue weighted by Gasteiger charge is -2.13. The average molecular weight is 369 g/mol. The predicted octanol–water partition coefficient (Wildman–Crippen LogP) is 3.80. The van der Waals surface area contributed by atoms with Gasteiger partial charge in [-0.15, -0.1) is 0 Å². The third kappa shape index (κ3) is 3.35. The molecule has 0 unspecified atom stereocenters. The van der Waals surface area contributed by atoms with Crippen LogP contribution in [0.4, 0.5) is 11.6 Å². The van der Waals surface area contributed by atoms with Crippen LogP contribution < -0.4 is 16.7 Å². The van der Waals surface area contributed by atoms with Gasteiger partial charge in [-0.3, -0.25) is 4.79 Å². The molecular formula is C22H19N5O. The Labute approximate surface area is 162 Å². The van der Waals surface area contributed by atoms with Crippen molar-refractivity contribution in [2.45, 2.75) is 6.92 Å². The highest BCUT2D eigenvalue weighted by Gasteiger charge is 2.12. The summed E-state index contributed by atoms with van der Waals surface area (Å²) in [5.41, 5.74) is 12.3. The van der Waals surface area contributed by atoms with Crippen LogP contribution in [-0.2, 0) is 0 Å². The van der Waals surface area contributed by atoms with Crippen LogP contribution in [-0.4, -0.2) is 15.3 Å². The van der Waals surface area contributed by atoms with Crippen molar-refractivity contribution in [1.82, 2.24) is 9.55 Å². The second kappa shape index (κ2) is 7.36. The minimum absolute atomic E-state index is 0.153. The van der Waals surface area contributed by atoms with Crippen molar-refractivity contribution >= 4 is 28.3 Å². The standard InChI is InChI=1S/C22H19N5O/c1-15(16-11-13-17(23)14-12-16)25-26-22-24-20-10-6-5-9-19(20)21(28)27(22)18-7-3-2-4-8-18/h2-14H,23H2,1H3,(H,24,26)/b25-15-. The van der Waals surface area contributed by atoms with Crippen LogP contribution in [0.2, 0.25) is 0 Å². The van der Waals surface area contributed by atoms with Crippen LogP contribution in [0.5, 0.6) is 0 Å². The van der Waals surface area contributed by atoms with Crippen LogP contribution in [0.25, 0.3) is 16.6 Å². The SMILES string of the molecule is C/C(=N/Nc1nc2ccccc2c(=O)n1-c1ccccc1)c1ccc(N)cc1. The number of fused-ring (bicyclic) bond motifs is 1. The number of nitrogen functional groups attached to an aromatic ring is 1. The minimum Gasteiger partial charge on any atom is -0.399 e. The first kappa shape index (κ1) is 17.5. The Morgan fingerprint density at radius 3 is 2.39 bits per heavy atom. The van der Waals surface area contributed by atoms with E-state index in [4.69, 9.17) is 5.73 Å². The van der Waals surface area contributed by atoms with Crippen LogP contribution in [0, 0.1) is 0 Å². The Morgan fingerprint density at radius 1 is 0.964 bits per heavy atom. The van der Waals surface area contributed by atoms with Crippen LogP contribution in [0.15, 0.2) is 88.8 Å². The number of nitrogens with two attached hydrogens (primary N) is 1. The Morgan fingerprint density at radius 2 is 1.64 bits per heavy atom. The average Bonchev–Trinajstić information content (AvgIpc) is 2.73. The zero-order valence-electron chi connectivity index (χ0n) is 15.3. The molecule has 0 atom stereocenters. The zero-order chi connectivity index (χ0) is 19.5. The van der Waals surface area contributed by atoms with E-state index in [1.807, 2.05) is 79.7 Å². The Bertz CT molecular complexity index is 1210. The van der Waals surface area contributed by atoms with Gasteiger partial charge in [-0.05, 0) is 48.9 Å². The van der Waals surface area contributed by atoms with E-state index in [9.17, 15) is 4.79 Å². The lowest BCUT2D eigenvalue weighted by atomic mass is 10.1. The highest BCUT2D eigenvalue weighted by atomic mass is 16.1. The highest BCUT2D eigenvalue weighted by Crippen LogP contribution is 2.16. The van der Waals surface area contributed by atoms with Crippen molar-refractivity contribution in [3.05, 3.63) is 94.8 Å². The molecular weight excluding hydrogens is 350 g/mol. The van der Waals surface area contributed by atoms with Gasteiger partial charge in [0, 0.05) is 5.69 Å². The third-order valence-corrected chi connectivity index (χ3v) is 4.44. The van der Waals surface area contributed by atoms with Crippen molar-refractivity contribution in [3.8, 4) is 5.69 Å². The molecule has 138 valence electrons. The molecule has 4 rings (SSSR count). The summed E-state index contributed by atoms with van der Waals surface area (Å²) in [5.74, 6) is 0.352. The number of hydrazone groups is 1. The fourth-order valence-electron chi connectivity index (χ4n) is 2.95. The molecule has 6 heteroatoms. The second-order valence-electron chi connectivity index (χ2n) is 6.36. The summed E-state index contributed by atoms with van der Waals surface area (Å²) < 4.78 is 1.53. The number of benzene rings is 3. The summed E-state index contributed by atoms with van der Waals surface area (Å²) in [4.78, 5) is 17.7. The van der Waals surface area contributed by atoms with Crippen molar-refractivity contribution in [3.63, 3.8) is 0 Å². The maximum atomic E-state index is 13.1. The molecule has 0 saturated heterocycles. The molecule has 0 radical (unpaired) electrons. The van der Waals surface area contributed by atoms with E-state index in [0.29, 0.717) is 28.2 Å². The number of nitrogens with zero attached hydrogens (tertiary/aromatic N) is 3. The first-order valence-electron chi connectivity index (χ1n) is 8.87. The zero-order valence-corrected chi connectivity index (χ0v) is 15.3. The van der Waals surface area contributed by atoms with Crippen molar-refractivity contribution in [2.24, 2.45) is 5.10 Å². The lowest BCUT2D eigenvalue weighted by molar-refractivity contribution is 0.955. The molecule has 0 aliphatic rings.